The molecule has 2 aromatic rings. The van der Waals surface area contributed by atoms with Gasteiger partial charge >= 0.3 is 0 Å². The molecule has 0 N–H and O–H groups in total. The predicted octanol–water partition coefficient (Wildman–Crippen LogP) is 2.45. The van der Waals surface area contributed by atoms with Crippen LogP contribution in [0.25, 0.3) is 0 Å². The summed E-state index contributed by atoms with van der Waals surface area (Å²) in [6.45, 7) is 2.87. The molecule has 3 rings (SSSR count). The molecular weight excluding hydrogens is 327 g/mol. The lowest BCUT2D eigenvalue weighted by Crippen LogP contribution is -2.49. The van der Waals surface area contributed by atoms with E-state index in [1.165, 1.54) is 17.8 Å². The quantitative estimate of drug-likeness (QED) is 0.779. The van der Waals surface area contributed by atoms with Crippen LogP contribution in [0.1, 0.15) is 6.42 Å². The number of nitrogens with zero attached hydrogens (tertiary/aromatic N) is 4. The molecule has 0 bridgehead atoms. The molecule has 0 spiro atoms. The SMILES string of the molecule is O=C(CCSc1ccccc1F)N1CCN(c2cnccn2)CC1. The number of carbonyl (C=O) groups is 1. The van der Waals surface area contributed by atoms with Gasteiger partial charge in [-0.3, -0.25) is 9.78 Å². The van der Waals surface area contributed by atoms with Gasteiger partial charge < -0.3 is 9.80 Å². The summed E-state index contributed by atoms with van der Waals surface area (Å²) in [6.07, 6.45) is 5.48. The van der Waals surface area contributed by atoms with Crippen LogP contribution in [0.3, 0.4) is 0 Å². The maximum atomic E-state index is 13.5. The van der Waals surface area contributed by atoms with Crippen LogP contribution < -0.4 is 4.90 Å². The Hall–Kier alpha value is -2.15. The Morgan fingerprint density at radius 2 is 1.96 bits per heavy atom. The van der Waals surface area contributed by atoms with Crippen LogP contribution in [0.2, 0.25) is 0 Å². The van der Waals surface area contributed by atoms with Crippen molar-refractivity contribution in [3.8, 4) is 0 Å². The van der Waals surface area contributed by atoms with E-state index >= 15 is 0 Å². The van der Waals surface area contributed by atoms with Crippen LogP contribution in [-0.2, 0) is 4.79 Å². The average Bonchev–Trinajstić information content (AvgIpc) is 2.64. The van der Waals surface area contributed by atoms with Gasteiger partial charge in [-0.2, -0.15) is 0 Å². The summed E-state index contributed by atoms with van der Waals surface area (Å²) >= 11 is 1.39. The first-order valence-corrected chi connectivity index (χ1v) is 8.88. The van der Waals surface area contributed by atoms with Crippen LogP contribution >= 0.6 is 11.8 Å². The Morgan fingerprint density at radius 3 is 2.67 bits per heavy atom. The number of anilines is 1. The predicted molar refractivity (Wildman–Crippen MR) is 92.6 cm³/mol. The fourth-order valence-corrected chi connectivity index (χ4v) is 3.48. The van der Waals surface area contributed by atoms with E-state index < -0.39 is 0 Å². The van der Waals surface area contributed by atoms with Gasteiger partial charge in [-0.15, -0.1) is 11.8 Å². The van der Waals surface area contributed by atoms with E-state index in [4.69, 9.17) is 0 Å². The summed E-state index contributed by atoms with van der Waals surface area (Å²) in [5, 5.41) is 0. The maximum Gasteiger partial charge on any atom is 0.223 e. The monoisotopic (exact) mass is 346 g/mol. The first-order chi connectivity index (χ1) is 11.7. The molecule has 0 saturated carbocycles. The van der Waals surface area contributed by atoms with Crippen molar-refractivity contribution in [2.75, 3.05) is 36.8 Å². The smallest absolute Gasteiger partial charge is 0.223 e. The number of carbonyl (C=O) groups excluding carboxylic acids is 1. The van der Waals surface area contributed by atoms with E-state index in [0.29, 0.717) is 30.2 Å². The van der Waals surface area contributed by atoms with E-state index in [-0.39, 0.29) is 11.7 Å². The minimum Gasteiger partial charge on any atom is -0.352 e. The second-order valence-corrected chi connectivity index (χ2v) is 6.60. The molecule has 1 aliphatic heterocycles. The van der Waals surface area contributed by atoms with Crippen molar-refractivity contribution in [1.29, 1.82) is 0 Å². The molecule has 5 nitrogen and oxygen atoms in total. The van der Waals surface area contributed by atoms with E-state index in [1.807, 2.05) is 4.90 Å². The molecule has 1 fully saturated rings. The summed E-state index contributed by atoms with van der Waals surface area (Å²) in [7, 11) is 0. The number of halogens is 1. The van der Waals surface area contributed by atoms with Gasteiger partial charge in [-0.05, 0) is 12.1 Å². The Bertz CT molecular complexity index is 677. The Balaban J connectivity index is 1.43. The van der Waals surface area contributed by atoms with Crippen LogP contribution in [-0.4, -0.2) is 52.7 Å². The molecule has 1 aliphatic rings. The van der Waals surface area contributed by atoms with Crippen molar-refractivity contribution in [2.45, 2.75) is 11.3 Å². The number of aromatic nitrogens is 2. The van der Waals surface area contributed by atoms with E-state index in [0.717, 1.165) is 18.9 Å². The van der Waals surface area contributed by atoms with E-state index in [2.05, 4.69) is 14.9 Å². The minimum atomic E-state index is -0.229. The standard InChI is InChI=1S/C17H19FN4OS/c18-14-3-1-2-4-15(14)24-12-5-17(23)22-10-8-21(9-11-22)16-13-19-6-7-20-16/h1-4,6-7,13H,5,8-12H2. The zero-order chi connectivity index (χ0) is 16.8. The molecule has 7 heteroatoms. The highest BCUT2D eigenvalue weighted by molar-refractivity contribution is 7.99. The van der Waals surface area contributed by atoms with Gasteiger partial charge in [0.15, 0.2) is 0 Å². The van der Waals surface area contributed by atoms with Crippen LogP contribution in [0.4, 0.5) is 10.2 Å². The van der Waals surface area contributed by atoms with Gasteiger partial charge in [0.25, 0.3) is 0 Å². The van der Waals surface area contributed by atoms with Gasteiger partial charge in [0.1, 0.15) is 11.6 Å². The van der Waals surface area contributed by atoms with Gasteiger partial charge in [-0.1, -0.05) is 12.1 Å². The lowest BCUT2D eigenvalue weighted by Gasteiger charge is -2.35. The van der Waals surface area contributed by atoms with Crippen molar-refractivity contribution in [3.05, 3.63) is 48.7 Å². The van der Waals surface area contributed by atoms with Gasteiger partial charge in [-0.25, -0.2) is 9.37 Å². The highest BCUT2D eigenvalue weighted by atomic mass is 32.2. The first-order valence-electron chi connectivity index (χ1n) is 7.90. The summed E-state index contributed by atoms with van der Waals surface area (Å²) < 4.78 is 13.5. The molecule has 1 amide bonds. The summed E-state index contributed by atoms with van der Waals surface area (Å²) in [6, 6.07) is 6.65. The average molecular weight is 346 g/mol. The first kappa shape index (κ1) is 16.7. The fraction of sp³-hybridized carbons (Fsp3) is 0.353. The molecule has 126 valence electrons. The second kappa shape index (κ2) is 8.10. The molecule has 1 aromatic carbocycles. The number of thioether (sulfide) groups is 1. The third-order valence-electron chi connectivity index (χ3n) is 3.92. The molecule has 0 atom stereocenters. The zero-order valence-electron chi connectivity index (χ0n) is 13.3. The number of benzene rings is 1. The van der Waals surface area contributed by atoms with Gasteiger partial charge in [0, 0.05) is 55.6 Å². The molecule has 0 unspecified atom stereocenters. The third-order valence-corrected chi connectivity index (χ3v) is 4.97. The van der Waals surface area contributed by atoms with Gasteiger partial charge in [0.05, 0.1) is 6.20 Å². The lowest BCUT2D eigenvalue weighted by molar-refractivity contribution is -0.131. The number of amides is 1. The molecule has 0 aliphatic carbocycles. The topological polar surface area (TPSA) is 49.3 Å². The lowest BCUT2D eigenvalue weighted by atomic mass is 10.3. The molecule has 1 saturated heterocycles. The maximum absolute atomic E-state index is 13.5. The minimum absolute atomic E-state index is 0.123. The molecule has 0 radical (unpaired) electrons. The van der Waals surface area contributed by atoms with Crippen LogP contribution in [0, 0.1) is 5.82 Å². The van der Waals surface area contributed by atoms with Crippen molar-refractivity contribution < 1.29 is 9.18 Å². The second-order valence-electron chi connectivity index (χ2n) is 5.46. The van der Waals surface area contributed by atoms with E-state index in [9.17, 15) is 9.18 Å². The van der Waals surface area contributed by atoms with Crippen molar-refractivity contribution in [1.82, 2.24) is 14.9 Å². The highest BCUT2D eigenvalue weighted by Crippen LogP contribution is 2.22. The Labute approximate surface area is 144 Å². The van der Waals surface area contributed by atoms with Crippen LogP contribution in [0.15, 0.2) is 47.8 Å². The molecule has 2 heterocycles. The van der Waals surface area contributed by atoms with Crippen LogP contribution in [0.5, 0.6) is 0 Å². The third kappa shape index (κ3) is 4.23. The Kier molecular flexibility index (Phi) is 5.63. The summed E-state index contributed by atoms with van der Waals surface area (Å²) in [4.78, 5) is 25.2. The van der Waals surface area contributed by atoms with Gasteiger partial charge in [0.2, 0.25) is 5.91 Å². The summed E-state index contributed by atoms with van der Waals surface area (Å²) in [5.74, 6) is 1.33. The van der Waals surface area contributed by atoms with Crippen molar-refractivity contribution in [2.24, 2.45) is 0 Å². The van der Waals surface area contributed by atoms with Crippen molar-refractivity contribution >= 4 is 23.5 Å². The number of hydrogen-bond acceptors (Lipinski definition) is 5. The number of rotatable bonds is 5. The summed E-state index contributed by atoms with van der Waals surface area (Å²) in [5.41, 5.74) is 0. The number of hydrogen-bond donors (Lipinski definition) is 0. The molecule has 1 aromatic heterocycles. The molecular formula is C17H19FN4OS. The van der Waals surface area contributed by atoms with Crippen molar-refractivity contribution in [3.63, 3.8) is 0 Å². The number of piperazine rings is 1. The fourth-order valence-electron chi connectivity index (χ4n) is 2.61. The molecule has 24 heavy (non-hydrogen) atoms. The zero-order valence-corrected chi connectivity index (χ0v) is 14.1. The normalized spacial score (nSPS) is 14.7. The Morgan fingerprint density at radius 1 is 1.17 bits per heavy atom. The highest BCUT2D eigenvalue weighted by Gasteiger charge is 2.21. The van der Waals surface area contributed by atoms with E-state index in [1.54, 1.807) is 36.8 Å². The largest absolute Gasteiger partial charge is 0.352 e.